The van der Waals surface area contributed by atoms with Gasteiger partial charge in [0.05, 0.1) is 12.3 Å². The van der Waals surface area contributed by atoms with Crippen LogP contribution in [0, 0.1) is 5.82 Å². The van der Waals surface area contributed by atoms with Crippen molar-refractivity contribution in [1.29, 1.82) is 0 Å². The summed E-state index contributed by atoms with van der Waals surface area (Å²) >= 11 is 0. The highest BCUT2D eigenvalue weighted by molar-refractivity contribution is 5.34. The summed E-state index contributed by atoms with van der Waals surface area (Å²) in [6.07, 6.45) is 2.42. The van der Waals surface area contributed by atoms with Gasteiger partial charge in [-0.05, 0) is 36.8 Å². The molecule has 0 unspecified atom stereocenters. The normalized spacial score (nSPS) is 12.2. The Hall–Kier alpha value is -1.94. The van der Waals surface area contributed by atoms with E-state index in [1.807, 2.05) is 0 Å². The molecule has 0 saturated heterocycles. The van der Waals surface area contributed by atoms with Crippen LogP contribution in [0.25, 0.3) is 0 Å². The van der Waals surface area contributed by atoms with E-state index in [1.165, 1.54) is 18.3 Å². The molecular weight excluding hydrogens is 221 g/mol. The van der Waals surface area contributed by atoms with Gasteiger partial charge in [-0.3, -0.25) is 4.98 Å². The molecule has 0 radical (unpaired) electrons. The fourth-order valence-corrected chi connectivity index (χ4v) is 1.39. The number of aliphatic hydroxyl groups excluding tert-OH is 1. The molecule has 3 nitrogen and oxygen atoms in total. The largest absolute Gasteiger partial charge is 0.453 e. The Labute approximate surface area is 98.5 Å². The van der Waals surface area contributed by atoms with Crippen LogP contribution < -0.4 is 4.74 Å². The first-order chi connectivity index (χ1) is 8.16. The van der Waals surface area contributed by atoms with Crippen molar-refractivity contribution in [2.75, 3.05) is 0 Å². The van der Waals surface area contributed by atoms with Crippen LogP contribution >= 0.6 is 0 Å². The molecule has 0 bridgehead atoms. The summed E-state index contributed by atoms with van der Waals surface area (Å²) in [6.45, 7) is 1.58. The lowest BCUT2D eigenvalue weighted by atomic mass is 10.1. The molecule has 0 spiro atoms. The molecule has 4 heteroatoms. The predicted molar refractivity (Wildman–Crippen MR) is 61.3 cm³/mol. The van der Waals surface area contributed by atoms with E-state index >= 15 is 0 Å². The second-order valence-corrected chi connectivity index (χ2v) is 3.66. The summed E-state index contributed by atoms with van der Waals surface area (Å²) in [7, 11) is 0. The first kappa shape index (κ1) is 11.5. The third-order valence-corrected chi connectivity index (χ3v) is 2.30. The SMILES string of the molecule is C[C@@H](O)c1ccc(Oc2cccnc2)c(F)c1. The first-order valence-electron chi connectivity index (χ1n) is 5.22. The van der Waals surface area contributed by atoms with E-state index in [2.05, 4.69) is 4.98 Å². The van der Waals surface area contributed by atoms with Crippen molar-refractivity contribution in [3.05, 3.63) is 54.1 Å². The molecule has 1 aromatic heterocycles. The van der Waals surface area contributed by atoms with Gasteiger partial charge in [-0.2, -0.15) is 0 Å². The molecule has 2 rings (SSSR count). The summed E-state index contributed by atoms with van der Waals surface area (Å²) in [6, 6.07) is 7.77. The average Bonchev–Trinajstić information content (AvgIpc) is 2.33. The third kappa shape index (κ3) is 2.79. The van der Waals surface area contributed by atoms with E-state index in [0.717, 1.165) is 0 Å². The fraction of sp³-hybridized carbons (Fsp3) is 0.154. The molecule has 2 aromatic rings. The summed E-state index contributed by atoms with van der Waals surface area (Å²) in [5, 5.41) is 9.31. The van der Waals surface area contributed by atoms with E-state index in [-0.39, 0.29) is 5.75 Å². The highest BCUT2D eigenvalue weighted by Crippen LogP contribution is 2.26. The standard InChI is InChI=1S/C13H12FNO2/c1-9(16)10-4-5-13(12(14)7-10)17-11-3-2-6-15-8-11/h2-9,16H,1H3/t9-/m1/s1. The van der Waals surface area contributed by atoms with Crippen molar-refractivity contribution in [1.82, 2.24) is 4.98 Å². The van der Waals surface area contributed by atoms with Crippen LogP contribution in [0.5, 0.6) is 11.5 Å². The quantitative estimate of drug-likeness (QED) is 0.885. The van der Waals surface area contributed by atoms with E-state index in [1.54, 1.807) is 31.3 Å². The average molecular weight is 233 g/mol. The molecule has 0 aliphatic heterocycles. The number of benzene rings is 1. The van der Waals surface area contributed by atoms with Gasteiger partial charge in [-0.25, -0.2) is 4.39 Å². The summed E-state index contributed by atoms with van der Waals surface area (Å²) in [5.41, 5.74) is 0.515. The smallest absolute Gasteiger partial charge is 0.166 e. The molecule has 0 aliphatic rings. The van der Waals surface area contributed by atoms with Crippen molar-refractivity contribution in [2.45, 2.75) is 13.0 Å². The van der Waals surface area contributed by atoms with Gasteiger partial charge in [-0.15, -0.1) is 0 Å². The zero-order valence-corrected chi connectivity index (χ0v) is 9.30. The molecule has 1 aromatic carbocycles. The maximum atomic E-state index is 13.6. The molecular formula is C13H12FNO2. The monoisotopic (exact) mass is 233 g/mol. The van der Waals surface area contributed by atoms with Gasteiger partial charge in [0.15, 0.2) is 11.6 Å². The molecule has 17 heavy (non-hydrogen) atoms. The van der Waals surface area contributed by atoms with Gasteiger partial charge in [0.1, 0.15) is 5.75 Å². The van der Waals surface area contributed by atoms with Crippen LogP contribution in [0.4, 0.5) is 4.39 Å². The van der Waals surface area contributed by atoms with Crippen LogP contribution in [-0.4, -0.2) is 10.1 Å². The molecule has 88 valence electrons. The van der Waals surface area contributed by atoms with Crippen LogP contribution in [0.2, 0.25) is 0 Å². The van der Waals surface area contributed by atoms with Gasteiger partial charge >= 0.3 is 0 Å². The summed E-state index contributed by atoms with van der Waals surface area (Å²) in [5.74, 6) is 0.0749. The number of rotatable bonds is 3. The van der Waals surface area contributed by atoms with E-state index in [0.29, 0.717) is 11.3 Å². The summed E-state index contributed by atoms with van der Waals surface area (Å²) in [4.78, 5) is 3.87. The molecule has 0 amide bonds. The van der Waals surface area contributed by atoms with Gasteiger partial charge in [0.25, 0.3) is 0 Å². The molecule has 0 saturated carbocycles. The molecule has 1 heterocycles. The van der Waals surface area contributed by atoms with E-state index in [9.17, 15) is 9.50 Å². The number of ether oxygens (including phenoxy) is 1. The lowest BCUT2D eigenvalue weighted by Gasteiger charge is -2.09. The van der Waals surface area contributed by atoms with Crippen LogP contribution in [0.1, 0.15) is 18.6 Å². The van der Waals surface area contributed by atoms with Crippen molar-refractivity contribution in [3.63, 3.8) is 0 Å². The number of hydrogen-bond donors (Lipinski definition) is 1. The van der Waals surface area contributed by atoms with Gasteiger partial charge < -0.3 is 9.84 Å². The number of aliphatic hydroxyl groups is 1. The Bertz CT molecular complexity index is 500. The number of aromatic nitrogens is 1. The minimum atomic E-state index is -0.697. The molecule has 1 atom stereocenters. The van der Waals surface area contributed by atoms with Crippen molar-refractivity contribution < 1.29 is 14.2 Å². The number of pyridine rings is 1. The Morgan fingerprint density at radius 1 is 1.35 bits per heavy atom. The zero-order chi connectivity index (χ0) is 12.3. The van der Waals surface area contributed by atoms with Crippen LogP contribution in [0.3, 0.4) is 0 Å². The van der Waals surface area contributed by atoms with Crippen LogP contribution in [-0.2, 0) is 0 Å². The van der Waals surface area contributed by atoms with E-state index in [4.69, 9.17) is 4.74 Å². The second kappa shape index (κ2) is 4.93. The maximum Gasteiger partial charge on any atom is 0.166 e. The minimum Gasteiger partial charge on any atom is -0.453 e. The number of nitrogens with zero attached hydrogens (tertiary/aromatic N) is 1. The minimum absolute atomic E-state index is 0.113. The van der Waals surface area contributed by atoms with Gasteiger partial charge in [0.2, 0.25) is 0 Å². The molecule has 1 N–H and O–H groups in total. The number of hydrogen-bond acceptors (Lipinski definition) is 3. The van der Waals surface area contributed by atoms with Gasteiger partial charge in [-0.1, -0.05) is 6.07 Å². The number of halogens is 1. The fourth-order valence-electron chi connectivity index (χ4n) is 1.39. The van der Waals surface area contributed by atoms with E-state index < -0.39 is 11.9 Å². The first-order valence-corrected chi connectivity index (χ1v) is 5.22. The Morgan fingerprint density at radius 2 is 2.18 bits per heavy atom. The van der Waals surface area contributed by atoms with Crippen molar-refractivity contribution in [3.8, 4) is 11.5 Å². The molecule has 0 fully saturated rings. The van der Waals surface area contributed by atoms with Crippen LogP contribution in [0.15, 0.2) is 42.7 Å². The topological polar surface area (TPSA) is 42.4 Å². The predicted octanol–water partition coefficient (Wildman–Crippen LogP) is 3.07. The highest BCUT2D eigenvalue weighted by atomic mass is 19.1. The zero-order valence-electron chi connectivity index (χ0n) is 9.30. The lowest BCUT2D eigenvalue weighted by Crippen LogP contribution is -1.94. The Kier molecular flexibility index (Phi) is 3.35. The van der Waals surface area contributed by atoms with Gasteiger partial charge in [0, 0.05) is 6.20 Å². The second-order valence-electron chi connectivity index (χ2n) is 3.66. The molecule has 0 aliphatic carbocycles. The third-order valence-electron chi connectivity index (χ3n) is 2.30. The maximum absolute atomic E-state index is 13.6. The lowest BCUT2D eigenvalue weighted by molar-refractivity contribution is 0.198. The van der Waals surface area contributed by atoms with Crippen molar-refractivity contribution in [2.24, 2.45) is 0 Å². The Morgan fingerprint density at radius 3 is 2.76 bits per heavy atom. The van der Waals surface area contributed by atoms with Crippen molar-refractivity contribution >= 4 is 0 Å². The Balaban J connectivity index is 2.23. The highest BCUT2D eigenvalue weighted by Gasteiger charge is 2.08. The summed E-state index contributed by atoms with van der Waals surface area (Å²) < 4.78 is 19.0.